The Kier molecular flexibility index (Phi) is 4.91. The lowest BCUT2D eigenvalue weighted by molar-refractivity contribution is -0.174. The molecular weight excluding hydrogens is 340 g/mol. The Balaban J connectivity index is 1.60. The van der Waals surface area contributed by atoms with Crippen molar-refractivity contribution in [2.24, 2.45) is 46.3 Å². The van der Waals surface area contributed by atoms with Gasteiger partial charge in [0.05, 0.1) is 12.2 Å². The van der Waals surface area contributed by atoms with E-state index in [2.05, 4.69) is 20.8 Å². The molecule has 0 aliphatic heterocycles. The highest BCUT2D eigenvalue weighted by atomic mass is 16.4. The third-order valence-electron chi connectivity index (χ3n) is 9.91. The van der Waals surface area contributed by atoms with Crippen LogP contribution in [0.25, 0.3) is 0 Å². The van der Waals surface area contributed by atoms with E-state index in [1.54, 1.807) is 0 Å². The molecule has 4 aliphatic carbocycles. The van der Waals surface area contributed by atoms with Crippen LogP contribution >= 0.6 is 0 Å². The number of carbonyl (C=O) groups is 1. The summed E-state index contributed by atoms with van der Waals surface area (Å²) in [7, 11) is 0. The molecule has 0 amide bonds. The number of hydrogen-bond donors (Lipinski definition) is 3. The van der Waals surface area contributed by atoms with Crippen LogP contribution in [-0.2, 0) is 4.79 Å². The zero-order valence-electron chi connectivity index (χ0n) is 17.2. The molecule has 27 heavy (non-hydrogen) atoms. The monoisotopic (exact) mass is 378 g/mol. The first-order valence-electron chi connectivity index (χ1n) is 11.2. The summed E-state index contributed by atoms with van der Waals surface area (Å²) < 4.78 is 0. The molecule has 4 aliphatic rings. The van der Waals surface area contributed by atoms with Gasteiger partial charge in [-0.05, 0) is 97.7 Å². The molecule has 0 radical (unpaired) electrons. The summed E-state index contributed by atoms with van der Waals surface area (Å²) >= 11 is 0. The Morgan fingerprint density at radius 1 is 1.00 bits per heavy atom. The van der Waals surface area contributed by atoms with E-state index in [1.807, 2.05) is 0 Å². The van der Waals surface area contributed by atoms with Gasteiger partial charge in [-0.3, -0.25) is 4.79 Å². The molecule has 0 aromatic carbocycles. The van der Waals surface area contributed by atoms with E-state index in [1.165, 1.54) is 6.42 Å². The van der Waals surface area contributed by atoms with Gasteiger partial charge in [-0.15, -0.1) is 0 Å². The quantitative estimate of drug-likeness (QED) is 0.691. The number of aliphatic hydroxyl groups excluding tert-OH is 2. The lowest BCUT2D eigenvalue weighted by atomic mass is 9.43. The standard InChI is InChI=1S/C23H38O4/c1-13(10-20(26)27)16-4-5-17-21-18(7-9-23(16,17)3)22(2)8-6-15(24)11-14(22)12-19(21)25/h13-19,21,24-25H,4-12H2,1-3H3,(H,26,27)/t13-,14+,15+,16-,17+,18+,19+,21+,22+,23-/m1/s1. The van der Waals surface area contributed by atoms with Gasteiger partial charge in [0, 0.05) is 6.42 Å². The molecule has 0 unspecified atom stereocenters. The van der Waals surface area contributed by atoms with Gasteiger partial charge >= 0.3 is 5.97 Å². The van der Waals surface area contributed by atoms with E-state index in [4.69, 9.17) is 0 Å². The highest BCUT2D eigenvalue weighted by molar-refractivity contribution is 5.67. The molecule has 0 heterocycles. The van der Waals surface area contributed by atoms with Crippen LogP contribution < -0.4 is 0 Å². The predicted molar refractivity (Wildman–Crippen MR) is 104 cm³/mol. The summed E-state index contributed by atoms with van der Waals surface area (Å²) in [6.45, 7) is 6.96. The van der Waals surface area contributed by atoms with Crippen LogP contribution in [0.4, 0.5) is 0 Å². The van der Waals surface area contributed by atoms with Crippen LogP contribution in [0.1, 0.15) is 78.6 Å². The Hall–Kier alpha value is -0.610. The smallest absolute Gasteiger partial charge is 0.303 e. The summed E-state index contributed by atoms with van der Waals surface area (Å²) in [5.41, 5.74) is 0.434. The van der Waals surface area contributed by atoms with Crippen molar-refractivity contribution in [3.63, 3.8) is 0 Å². The minimum absolute atomic E-state index is 0.175. The fraction of sp³-hybridized carbons (Fsp3) is 0.957. The summed E-state index contributed by atoms with van der Waals surface area (Å²) in [6, 6.07) is 0. The van der Waals surface area contributed by atoms with E-state index >= 15 is 0 Å². The first kappa shape index (κ1) is 19.7. The van der Waals surface area contributed by atoms with Crippen LogP contribution in [0.2, 0.25) is 0 Å². The van der Waals surface area contributed by atoms with Gasteiger partial charge in [-0.25, -0.2) is 0 Å². The Labute approximate surface area is 163 Å². The van der Waals surface area contributed by atoms with Crippen molar-refractivity contribution in [1.82, 2.24) is 0 Å². The second kappa shape index (κ2) is 6.73. The Morgan fingerprint density at radius 2 is 1.67 bits per heavy atom. The van der Waals surface area contributed by atoms with Crippen molar-refractivity contribution in [3.8, 4) is 0 Å². The number of aliphatic carboxylic acids is 1. The summed E-state index contributed by atoms with van der Waals surface area (Å²) in [5, 5.41) is 30.7. The molecule has 4 heteroatoms. The lowest BCUT2D eigenvalue weighted by Crippen LogP contribution is -2.58. The zero-order chi connectivity index (χ0) is 19.6. The van der Waals surface area contributed by atoms with Gasteiger partial charge in [0.15, 0.2) is 0 Å². The molecule has 0 spiro atoms. The lowest BCUT2D eigenvalue weighted by Gasteiger charge is -2.62. The number of carboxylic acid groups (broad SMARTS) is 1. The average molecular weight is 379 g/mol. The summed E-state index contributed by atoms with van der Waals surface area (Å²) in [4.78, 5) is 11.3. The maximum absolute atomic E-state index is 11.3. The second-order valence-electron chi connectivity index (χ2n) is 11.0. The molecule has 10 atom stereocenters. The van der Waals surface area contributed by atoms with Gasteiger partial charge in [0.1, 0.15) is 0 Å². The van der Waals surface area contributed by atoms with Gasteiger partial charge in [0.25, 0.3) is 0 Å². The molecule has 4 fully saturated rings. The number of carboxylic acids is 1. The van der Waals surface area contributed by atoms with Crippen LogP contribution in [-0.4, -0.2) is 33.5 Å². The molecule has 4 rings (SSSR count). The molecule has 0 saturated heterocycles. The van der Waals surface area contributed by atoms with Gasteiger partial charge in [-0.1, -0.05) is 20.8 Å². The number of fused-ring (bicyclic) bond motifs is 5. The van der Waals surface area contributed by atoms with E-state index in [0.29, 0.717) is 29.6 Å². The van der Waals surface area contributed by atoms with Crippen molar-refractivity contribution in [2.75, 3.05) is 0 Å². The number of aliphatic hydroxyl groups is 2. The van der Waals surface area contributed by atoms with Crippen molar-refractivity contribution >= 4 is 5.97 Å². The van der Waals surface area contributed by atoms with Gasteiger partial charge in [0.2, 0.25) is 0 Å². The molecule has 0 bridgehead atoms. The fourth-order valence-electron chi connectivity index (χ4n) is 8.59. The minimum atomic E-state index is -0.683. The predicted octanol–water partition coefficient (Wildman–Crippen LogP) is 4.09. The van der Waals surface area contributed by atoms with Crippen molar-refractivity contribution < 1.29 is 20.1 Å². The molecular formula is C23H38O4. The molecule has 4 saturated carbocycles. The SMILES string of the molecule is C[C@H](CC(=O)O)[C@H]1CC[C@H]2[C@@H]3[C@@H](O)C[C@@H]4C[C@@H](O)CC[C@]4(C)[C@H]3CC[C@]12C. The maximum atomic E-state index is 11.3. The molecule has 4 nitrogen and oxygen atoms in total. The van der Waals surface area contributed by atoms with Crippen molar-refractivity contribution in [1.29, 1.82) is 0 Å². The van der Waals surface area contributed by atoms with Crippen LogP contribution in [0, 0.1) is 46.3 Å². The average Bonchev–Trinajstić information content (AvgIpc) is 2.93. The normalized spacial score (nSPS) is 53.1. The number of hydrogen-bond acceptors (Lipinski definition) is 3. The molecule has 154 valence electrons. The largest absolute Gasteiger partial charge is 0.481 e. The molecule has 0 aromatic rings. The number of rotatable bonds is 3. The maximum Gasteiger partial charge on any atom is 0.303 e. The van der Waals surface area contributed by atoms with Crippen LogP contribution in [0.5, 0.6) is 0 Å². The van der Waals surface area contributed by atoms with Gasteiger partial charge < -0.3 is 15.3 Å². The third-order valence-corrected chi connectivity index (χ3v) is 9.91. The zero-order valence-corrected chi connectivity index (χ0v) is 17.2. The van der Waals surface area contributed by atoms with E-state index in [-0.39, 0.29) is 35.4 Å². The van der Waals surface area contributed by atoms with E-state index in [9.17, 15) is 20.1 Å². The topological polar surface area (TPSA) is 77.8 Å². The highest BCUT2D eigenvalue weighted by Gasteiger charge is 2.62. The third kappa shape index (κ3) is 2.97. The van der Waals surface area contributed by atoms with Crippen LogP contribution in [0.3, 0.4) is 0 Å². The fourth-order valence-corrected chi connectivity index (χ4v) is 8.59. The Bertz CT molecular complexity index is 591. The van der Waals surface area contributed by atoms with Crippen molar-refractivity contribution in [3.05, 3.63) is 0 Å². The second-order valence-corrected chi connectivity index (χ2v) is 11.0. The van der Waals surface area contributed by atoms with E-state index in [0.717, 1.165) is 44.9 Å². The minimum Gasteiger partial charge on any atom is -0.481 e. The first-order valence-corrected chi connectivity index (χ1v) is 11.2. The summed E-state index contributed by atoms with van der Waals surface area (Å²) in [6.07, 6.45) is 8.12. The first-order chi connectivity index (χ1) is 12.7. The molecule has 3 N–H and O–H groups in total. The van der Waals surface area contributed by atoms with E-state index < -0.39 is 5.97 Å². The van der Waals surface area contributed by atoms with Gasteiger partial charge in [-0.2, -0.15) is 0 Å². The highest BCUT2D eigenvalue weighted by Crippen LogP contribution is 2.68. The molecule has 0 aromatic heterocycles. The van der Waals surface area contributed by atoms with Crippen LogP contribution in [0.15, 0.2) is 0 Å². The Morgan fingerprint density at radius 3 is 2.37 bits per heavy atom. The summed E-state index contributed by atoms with van der Waals surface area (Å²) in [5.74, 6) is 1.89. The van der Waals surface area contributed by atoms with Crippen molar-refractivity contribution in [2.45, 2.75) is 90.8 Å².